The molecule has 1 aromatic rings. The SMILES string of the molecule is COC1=CCc2c(O)c(S[C@H]3O[C@@H](COC(C)=O)[C@H](OC(C)=O)[C@@H](OC)[C@@H]3O)c(S[C@@H]3O[C@H](COC(C)=O)[C@@H](OC(C)=O)[C@H](OC(C)=O)[C@H]3OC(C)=O)c(O)c2C1=O. The number of carbonyl (C=O) groups is 7. The third kappa shape index (κ3) is 10.7. The highest BCUT2D eigenvalue weighted by atomic mass is 32.2. The largest absolute Gasteiger partial charge is 0.506 e. The molecule has 58 heavy (non-hydrogen) atoms. The number of phenolic OH excluding ortho intramolecular Hbond substituents is 2. The van der Waals surface area contributed by atoms with Gasteiger partial charge in [-0.25, -0.2) is 0 Å². The number of fused-ring (bicyclic) bond motifs is 1. The first-order valence-corrected chi connectivity index (χ1v) is 19.3. The van der Waals surface area contributed by atoms with Crippen LogP contribution in [0, 0.1) is 0 Å². The first-order chi connectivity index (χ1) is 27.3. The van der Waals surface area contributed by atoms with Crippen molar-refractivity contribution in [3.8, 4) is 11.5 Å². The molecule has 0 radical (unpaired) electrons. The molecule has 320 valence electrons. The van der Waals surface area contributed by atoms with Gasteiger partial charge in [0.25, 0.3) is 0 Å². The van der Waals surface area contributed by atoms with Gasteiger partial charge >= 0.3 is 35.8 Å². The van der Waals surface area contributed by atoms with Crippen LogP contribution in [0.1, 0.15) is 57.5 Å². The van der Waals surface area contributed by atoms with Crippen LogP contribution in [0.15, 0.2) is 21.6 Å². The fourth-order valence-electron chi connectivity index (χ4n) is 6.42. The third-order valence-electron chi connectivity index (χ3n) is 8.68. The zero-order valence-corrected chi connectivity index (χ0v) is 34.2. The minimum absolute atomic E-state index is 0.0560. The number of phenols is 2. The second-order valence-electron chi connectivity index (χ2n) is 12.9. The molecule has 0 bridgehead atoms. The molecule has 1 aliphatic carbocycles. The van der Waals surface area contributed by atoms with Crippen molar-refractivity contribution < 1.29 is 96.2 Å². The van der Waals surface area contributed by atoms with Gasteiger partial charge in [0.2, 0.25) is 5.78 Å². The van der Waals surface area contributed by atoms with Crippen molar-refractivity contribution in [1.29, 1.82) is 0 Å². The molecule has 2 saturated heterocycles. The fourth-order valence-corrected chi connectivity index (χ4v) is 9.07. The number of aromatic hydroxyl groups is 2. The van der Waals surface area contributed by atoms with Crippen molar-refractivity contribution in [3.63, 3.8) is 0 Å². The predicted molar refractivity (Wildman–Crippen MR) is 194 cm³/mol. The second-order valence-corrected chi connectivity index (χ2v) is 15.1. The van der Waals surface area contributed by atoms with E-state index in [0.717, 1.165) is 41.5 Å². The lowest BCUT2D eigenvalue weighted by Crippen LogP contribution is -2.61. The maximum atomic E-state index is 13.6. The second kappa shape index (κ2) is 19.9. The van der Waals surface area contributed by atoms with Crippen molar-refractivity contribution >= 4 is 65.1 Å². The average Bonchev–Trinajstić information content (AvgIpc) is 3.12. The van der Waals surface area contributed by atoms with E-state index in [9.17, 15) is 48.9 Å². The number of methoxy groups -OCH3 is 2. The Bertz CT molecular complexity index is 1810. The Morgan fingerprint density at radius 2 is 1.10 bits per heavy atom. The molecule has 0 aromatic heterocycles. The molecule has 2 fully saturated rings. The van der Waals surface area contributed by atoms with Gasteiger partial charge in [-0.05, 0) is 12.5 Å². The van der Waals surface area contributed by atoms with E-state index in [1.807, 2.05) is 0 Å². The topological polar surface area (TPSA) is 272 Å². The normalized spacial score (nSPS) is 27.9. The van der Waals surface area contributed by atoms with Gasteiger partial charge in [0.1, 0.15) is 60.0 Å². The highest BCUT2D eigenvalue weighted by Crippen LogP contribution is 2.54. The predicted octanol–water partition coefficient (Wildman–Crippen LogP) is 1.23. The van der Waals surface area contributed by atoms with Crippen LogP contribution in [0.5, 0.6) is 11.5 Å². The number of aliphatic hydroxyl groups is 1. The lowest BCUT2D eigenvalue weighted by molar-refractivity contribution is -0.237. The van der Waals surface area contributed by atoms with Crippen LogP contribution in [-0.4, -0.2) is 144 Å². The van der Waals surface area contributed by atoms with Gasteiger partial charge in [0, 0.05) is 54.2 Å². The zero-order valence-electron chi connectivity index (χ0n) is 32.6. The summed E-state index contributed by atoms with van der Waals surface area (Å²) in [4.78, 5) is 86.1. The van der Waals surface area contributed by atoms with E-state index in [4.69, 9.17) is 47.4 Å². The van der Waals surface area contributed by atoms with Crippen molar-refractivity contribution in [2.75, 3.05) is 27.4 Å². The summed E-state index contributed by atoms with van der Waals surface area (Å²) in [5.74, 6) is -7.22. The van der Waals surface area contributed by atoms with Crippen LogP contribution in [0.25, 0.3) is 0 Å². The van der Waals surface area contributed by atoms with E-state index in [-0.39, 0.29) is 33.1 Å². The summed E-state index contributed by atoms with van der Waals surface area (Å²) in [6.45, 7) is 5.41. The maximum absolute atomic E-state index is 13.6. The molecule has 0 unspecified atom stereocenters. The summed E-state index contributed by atoms with van der Waals surface area (Å²) in [6.07, 6.45) is -10.4. The number of allylic oxidation sites excluding steroid dienone is 2. The van der Waals surface area contributed by atoms with Gasteiger partial charge in [-0.1, -0.05) is 23.5 Å². The number of benzene rings is 1. The maximum Gasteiger partial charge on any atom is 0.303 e. The van der Waals surface area contributed by atoms with Crippen LogP contribution in [0.2, 0.25) is 0 Å². The molecule has 0 saturated carbocycles. The first-order valence-electron chi connectivity index (χ1n) is 17.5. The van der Waals surface area contributed by atoms with Crippen molar-refractivity contribution in [1.82, 2.24) is 0 Å². The summed E-state index contributed by atoms with van der Waals surface area (Å²) < 4.78 is 55.3. The van der Waals surface area contributed by atoms with Crippen LogP contribution in [0.4, 0.5) is 0 Å². The standard InChI is InChI=1S/C36H44O20S2/c1-13(37)49-11-21-28(51-15(3)39)30(48-8)27(46)35(55-21)57-33-24(43)19-9-10-20(47-7)25(44)23(19)26(45)34(33)58-36-32(54-18(6)42)31(53-17(5)41)29(52-16(4)40)22(56-36)12-50-14(2)38/h10,21-22,27-32,35-36,43,45-46H,9,11-12H2,1-8H3/t21-,22+,27-,28-,29+,30-,31-,32+,35+,36-/m0/s1. The Morgan fingerprint density at radius 3 is 1.59 bits per heavy atom. The van der Waals surface area contributed by atoms with Gasteiger partial charge < -0.3 is 62.7 Å². The quantitative estimate of drug-likeness (QED) is 0.135. The van der Waals surface area contributed by atoms with E-state index in [1.54, 1.807) is 0 Å². The molecule has 22 heteroatoms. The van der Waals surface area contributed by atoms with Crippen LogP contribution in [0.3, 0.4) is 0 Å². The Hall–Kier alpha value is -4.61. The molecule has 3 N–H and O–H groups in total. The summed E-state index contributed by atoms with van der Waals surface area (Å²) >= 11 is 1.18. The third-order valence-corrected chi connectivity index (χ3v) is 11.3. The first kappa shape index (κ1) is 46.1. The Labute approximate surface area is 340 Å². The summed E-state index contributed by atoms with van der Waals surface area (Å²) in [7, 11) is 2.45. The molecule has 0 amide bonds. The fraction of sp³-hybridized carbons (Fsp3) is 0.583. The van der Waals surface area contributed by atoms with Crippen LogP contribution < -0.4 is 0 Å². The Kier molecular flexibility index (Phi) is 15.8. The number of esters is 6. The van der Waals surface area contributed by atoms with Gasteiger partial charge in [0.15, 0.2) is 30.2 Å². The molecule has 4 rings (SSSR count). The van der Waals surface area contributed by atoms with E-state index >= 15 is 0 Å². The minimum atomic E-state index is -1.64. The van der Waals surface area contributed by atoms with E-state index < -0.39 is 126 Å². The zero-order chi connectivity index (χ0) is 43.2. The number of carbonyl (C=O) groups excluding carboxylic acids is 7. The number of rotatable bonds is 14. The minimum Gasteiger partial charge on any atom is -0.506 e. The average molecular weight is 861 g/mol. The molecule has 3 aliphatic rings. The number of ether oxygens (including phenoxy) is 10. The number of Topliss-reactive ketones (excluding diaryl/α,β-unsaturated/α-hetero) is 1. The summed E-state index contributed by atoms with van der Waals surface area (Å²) in [5.41, 5.74) is -3.44. The summed E-state index contributed by atoms with van der Waals surface area (Å²) in [5, 5.41) is 35.5. The van der Waals surface area contributed by atoms with Crippen LogP contribution >= 0.6 is 23.5 Å². The lowest BCUT2D eigenvalue weighted by Gasteiger charge is -2.44. The molecule has 1 aromatic carbocycles. The van der Waals surface area contributed by atoms with Gasteiger partial charge in [-0.2, -0.15) is 0 Å². The highest BCUT2D eigenvalue weighted by Gasteiger charge is 2.54. The van der Waals surface area contributed by atoms with E-state index in [0.29, 0.717) is 23.5 Å². The summed E-state index contributed by atoms with van der Waals surface area (Å²) in [6, 6.07) is 0. The van der Waals surface area contributed by atoms with E-state index in [2.05, 4.69) is 0 Å². The molecule has 0 spiro atoms. The van der Waals surface area contributed by atoms with E-state index in [1.165, 1.54) is 20.3 Å². The monoisotopic (exact) mass is 860 g/mol. The number of ketones is 1. The van der Waals surface area contributed by atoms with Gasteiger partial charge in [0.05, 0.1) is 22.5 Å². The number of thioether (sulfide) groups is 2. The molecular weight excluding hydrogens is 817 g/mol. The number of hydrogen-bond donors (Lipinski definition) is 3. The van der Waals surface area contributed by atoms with Crippen molar-refractivity contribution in [2.45, 2.75) is 117 Å². The molecule has 2 heterocycles. The molecule has 20 nitrogen and oxygen atoms in total. The lowest BCUT2D eigenvalue weighted by atomic mass is 9.92. The molecule has 10 atom stereocenters. The Morgan fingerprint density at radius 1 is 0.655 bits per heavy atom. The van der Waals surface area contributed by atoms with Crippen LogP contribution in [-0.2, 0) is 82.6 Å². The Balaban J connectivity index is 1.92. The van der Waals surface area contributed by atoms with Gasteiger partial charge in [-0.15, -0.1) is 0 Å². The number of hydrogen-bond acceptors (Lipinski definition) is 22. The van der Waals surface area contributed by atoms with Crippen molar-refractivity contribution in [3.05, 3.63) is 23.0 Å². The highest BCUT2D eigenvalue weighted by molar-refractivity contribution is 8.03. The van der Waals surface area contributed by atoms with Gasteiger partial charge in [-0.3, -0.25) is 33.6 Å². The smallest absolute Gasteiger partial charge is 0.303 e. The molecule has 2 aliphatic heterocycles. The number of aliphatic hydroxyl groups excluding tert-OH is 1. The van der Waals surface area contributed by atoms with Crippen molar-refractivity contribution in [2.24, 2.45) is 0 Å². The molecular formula is C36H44O20S2.